The molecule has 0 aliphatic carbocycles. The van der Waals surface area contributed by atoms with Gasteiger partial charge >= 0.3 is 6.03 Å². The lowest BCUT2D eigenvalue weighted by molar-refractivity contribution is 0.0369. The fraction of sp³-hybridized carbons (Fsp3) is 0.389. The second kappa shape index (κ2) is 5.74. The van der Waals surface area contributed by atoms with Crippen molar-refractivity contribution in [3.63, 3.8) is 0 Å². The highest BCUT2D eigenvalue weighted by Gasteiger charge is 2.46. The van der Waals surface area contributed by atoms with Gasteiger partial charge in [-0.1, -0.05) is 18.2 Å². The van der Waals surface area contributed by atoms with Crippen LogP contribution >= 0.6 is 0 Å². The maximum absolute atomic E-state index is 12.4. The molecule has 2 fully saturated rings. The molecular formula is C18H21N3O2. The van der Waals surface area contributed by atoms with Gasteiger partial charge in [-0.15, -0.1) is 0 Å². The average Bonchev–Trinajstić information content (AvgIpc) is 3.09. The van der Waals surface area contributed by atoms with Crippen molar-refractivity contribution in [3.05, 3.63) is 54.0 Å². The quantitative estimate of drug-likeness (QED) is 0.948. The van der Waals surface area contributed by atoms with Gasteiger partial charge in [0.2, 0.25) is 0 Å². The minimum absolute atomic E-state index is 0.000562. The second-order valence-electron chi connectivity index (χ2n) is 6.47. The summed E-state index contributed by atoms with van der Waals surface area (Å²) in [5.41, 5.74) is 0.847. The van der Waals surface area contributed by atoms with E-state index in [0.717, 1.165) is 43.4 Å². The van der Waals surface area contributed by atoms with Gasteiger partial charge in [-0.2, -0.15) is 0 Å². The van der Waals surface area contributed by atoms with E-state index in [1.54, 1.807) is 0 Å². The molecule has 1 N–H and O–H groups in total. The highest BCUT2D eigenvalue weighted by Crippen LogP contribution is 2.34. The molecule has 2 unspecified atom stereocenters. The third-order valence-electron chi connectivity index (χ3n) is 4.81. The van der Waals surface area contributed by atoms with Gasteiger partial charge in [-0.25, -0.2) is 4.79 Å². The molecule has 1 aromatic carbocycles. The Morgan fingerprint density at radius 1 is 1.17 bits per heavy atom. The minimum Gasteiger partial charge on any atom is -0.465 e. The van der Waals surface area contributed by atoms with Crippen molar-refractivity contribution in [2.45, 2.75) is 19.5 Å². The molecule has 2 aliphatic rings. The third-order valence-corrected chi connectivity index (χ3v) is 4.81. The number of furan rings is 1. The first-order chi connectivity index (χ1) is 11.2. The topological polar surface area (TPSA) is 48.7 Å². The molecule has 1 aromatic heterocycles. The van der Waals surface area contributed by atoms with E-state index in [2.05, 4.69) is 10.2 Å². The molecule has 5 nitrogen and oxygen atoms in total. The van der Waals surface area contributed by atoms with Gasteiger partial charge in [0, 0.05) is 37.3 Å². The monoisotopic (exact) mass is 311 g/mol. The number of para-hydroxylation sites is 1. The smallest absolute Gasteiger partial charge is 0.321 e. The van der Waals surface area contributed by atoms with Crippen LogP contribution in [-0.2, 0) is 6.54 Å². The highest BCUT2D eigenvalue weighted by atomic mass is 16.3. The molecule has 3 heterocycles. The SMILES string of the molecule is Cc1ccc(CN2CC3CN(C(=O)Nc4ccccc4)CC32)o1. The van der Waals surface area contributed by atoms with Crippen LogP contribution in [0.25, 0.3) is 0 Å². The Balaban J connectivity index is 1.33. The van der Waals surface area contributed by atoms with Gasteiger partial charge in [-0.05, 0) is 31.2 Å². The zero-order valence-corrected chi connectivity index (χ0v) is 13.2. The number of urea groups is 1. The fourth-order valence-electron chi connectivity index (χ4n) is 3.59. The van der Waals surface area contributed by atoms with Crippen LogP contribution in [-0.4, -0.2) is 41.5 Å². The second-order valence-corrected chi connectivity index (χ2v) is 6.47. The van der Waals surface area contributed by atoms with Crippen molar-refractivity contribution < 1.29 is 9.21 Å². The van der Waals surface area contributed by atoms with E-state index in [1.807, 2.05) is 54.3 Å². The number of benzene rings is 1. The molecule has 2 aliphatic heterocycles. The lowest BCUT2D eigenvalue weighted by Gasteiger charge is -2.42. The van der Waals surface area contributed by atoms with Gasteiger partial charge in [0.15, 0.2) is 0 Å². The van der Waals surface area contributed by atoms with Crippen molar-refractivity contribution in [2.75, 3.05) is 25.0 Å². The number of nitrogens with zero attached hydrogens (tertiary/aromatic N) is 2. The molecule has 2 amide bonds. The number of rotatable bonds is 3. The van der Waals surface area contributed by atoms with E-state index in [0.29, 0.717) is 12.0 Å². The molecule has 0 bridgehead atoms. The summed E-state index contributed by atoms with van der Waals surface area (Å²) >= 11 is 0. The van der Waals surface area contributed by atoms with Gasteiger partial charge < -0.3 is 14.6 Å². The highest BCUT2D eigenvalue weighted by molar-refractivity contribution is 5.89. The average molecular weight is 311 g/mol. The lowest BCUT2D eigenvalue weighted by Crippen LogP contribution is -2.54. The Kier molecular flexibility index (Phi) is 3.58. The van der Waals surface area contributed by atoms with Crippen LogP contribution in [0.1, 0.15) is 11.5 Å². The molecule has 2 aromatic rings. The molecule has 0 radical (unpaired) electrons. The van der Waals surface area contributed by atoms with Crippen molar-refractivity contribution >= 4 is 11.7 Å². The summed E-state index contributed by atoms with van der Waals surface area (Å²) in [6.45, 7) is 5.48. The predicted octanol–water partition coefficient (Wildman–Crippen LogP) is 2.94. The predicted molar refractivity (Wildman–Crippen MR) is 88.2 cm³/mol. The third kappa shape index (κ3) is 2.84. The molecule has 4 rings (SSSR count). The Bertz CT molecular complexity index is 697. The van der Waals surface area contributed by atoms with Gasteiger partial charge in [0.1, 0.15) is 11.5 Å². The summed E-state index contributed by atoms with van der Waals surface area (Å²) in [5.74, 6) is 2.55. The Morgan fingerprint density at radius 3 is 2.74 bits per heavy atom. The maximum atomic E-state index is 12.4. The van der Waals surface area contributed by atoms with Gasteiger partial charge in [0.25, 0.3) is 0 Å². The Labute approximate surface area is 135 Å². The van der Waals surface area contributed by atoms with E-state index in [4.69, 9.17) is 4.42 Å². The molecule has 5 heteroatoms. The van der Waals surface area contributed by atoms with E-state index in [-0.39, 0.29) is 6.03 Å². The van der Waals surface area contributed by atoms with Crippen LogP contribution in [0.2, 0.25) is 0 Å². The molecule has 0 spiro atoms. The number of carbonyl (C=O) groups is 1. The lowest BCUT2D eigenvalue weighted by atomic mass is 9.92. The Hall–Kier alpha value is -2.27. The number of carbonyl (C=O) groups excluding carboxylic acids is 1. The summed E-state index contributed by atoms with van der Waals surface area (Å²) in [4.78, 5) is 16.7. The number of hydrogen-bond acceptors (Lipinski definition) is 3. The molecular weight excluding hydrogens is 290 g/mol. The molecule has 23 heavy (non-hydrogen) atoms. The molecule has 0 saturated carbocycles. The number of aryl methyl sites for hydroxylation is 1. The molecule has 120 valence electrons. The van der Waals surface area contributed by atoms with E-state index in [1.165, 1.54) is 0 Å². The van der Waals surface area contributed by atoms with Crippen molar-refractivity contribution in [1.29, 1.82) is 0 Å². The van der Waals surface area contributed by atoms with E-state index in [9.17, 15) is 4.79 Å². The number of fused-ring (bicyclic) bond motifs is 1. The summed E-state index contributed by atoms with van der Waals surface area (Å²) in [6.07, 6.45) is 0. The Morgan fingerprint density at radius 2 is 2.00 bits per heavy atom. The molecule has 2 atom stereocenters. The van der Waals surface area contributed by atoms with Crippen molar-refractivity contribution in [2.24, 2.45) is 5.92 Å². The first-order valence-corrected chi connectivity index (χ1v) is 8.09. The maximum Gasteiger partial charge on any atom is 0.321 e. The van der Waals surface area contributed by atoms with Crippen LogP contribution in [0.15, 0.2) is 46.9 Å². The summed E-state index contributed by atoms with van der Waals surface area (Å²) in [5, 5.41) is 2.97. The largest absolute Gasteiger partial charge is 0.465 e. The van der Waals surface area contributed by atoms with Crippen LogP contribution in [0.4, 0.5) is 10.5 Å². The zero-order valence-electron chi connectivity index (χ0n) is 13.2. The number of amides is 2. The van der Waals surface area contributed by atoms with Gasteiger partial charge in [0.05, 0.1) is 6.54 Å². The minimum atomic E-state index is -0.000562. The zero-order chi connectivity index (χ0) is 15.8. The van der Waals surface area contributed by atoms with Crippen LogP contribution in [0.3, 0.4) is 0 Å². The van der Waals surface area contributed by atoms with Crippen LogP contribution in [0.5, 0.6) is 0 Å². The number of likely N-dealkylation sites (tertiary alicyclic amines) is 2. The van der Waals surface area contributed by atoms with Gasteiger partial charge in [-0.3, -0.25) is 4.90 Å². The summed E-state index contributed by atoms with van der Waals surface area (Å²) < 4.78 is 5.66. The summed E-state index contributed by atoms with van der Waals surface area (Å²) in [6, 6.07) is 14.1. The van der Waals surface area contributed by atoms with E-state index < -0.39 is 0 Å². The van der Waals surface area contributed by atoms with Crippen LogP contribution < -0.4 is 5.32 Å². The normalized spacial score (nSPS) is 23.4. The number of anilines is 1. The van der Waals surface area contributed by atoms with Crippen molar-refractivity contribution in [1.82, 2.24) is 9.80 Å². The first kappa shape index (κ1) is 14.3. The van der Waals surface area contributed by atoms with E-state index >= 15 is 0 Å². The number of nitrogens with one attached hydrogen (secondary N) is 1. The van der Waals surface area contributed by atoms with Crippen molar-refractivity contribution in [3.8, 4) is 0 Å². The standard InChI is InChI=1S/C18H21N3O2/c1-13-7-8-16(23-13)11-20-9-14-10-21(12-17(14)20)18(22)19-15-5-3-2-4-6-15/h2-8,14,17H,9-12H2,1H3,(H,19,22). The first-order valence-electron chi connectivity index (χ1n) is 8.09. The number of hydrogen-bond donors (Lipinski definition) is 1. The van der Waals surface area contributed by atoms with Crippen LogP contribution in [0, 0.1) is 12.8 Å². The fourth-order valence-corrected chi connectivity index (χ4v) is 3.59. The molecule has 2 saturated heterocycles. The summed E-state index contributed by atoms with van der Waals surface area (Å²) in [7, 11) is 0.